The number of carbonyl (C=O) groups is 2. The Morgan fingerprint density at radius 1 is 1.27 bits per heavy atom. The van der Waals surface area contributed by atoms with E-state index in [9.17, 15) is 18.0 Å². The van der Waals surface area contributed by atoms with E-state index in [0.29, 0.717) is 25.7 Å². The van der Waals surface area contributed by atoms with Gasteiger partial charge in [0.25, 0.3) is 0 Å². The molecule has 0 spiro atoms. The molecule has 166 valence electrons. The van der Waals surface area contributed by atoms with Crippen molar-refractivity contribution in [2.45, 2.75) is 62.3 Å². The van der Waals surface area contributed by atoms with Crippen LogP contribution in [-0.4, -0.2) is 54.8 Å². The van der Waals surface area contributed by atoms with Gasteiger partial charge in [-0.15, -0.1) is 0 Å². The molecule has 3 rings (SSSR count). The number of carbonyl (C=O) groups excluding carboxylic acids is 2. The molecule has 1 aromatic rings. The summed E-state index contributed by atoms with van der Waals surface area (Å²) in [5.41, 5.74) is -0.961. The molecule has 1 aliphatic carbocycles. The van der Waals surface area contributed by atoms with E-state index in [2.05, 4.69) is 10.3 Å². The van der Waals surface area contributed by atoms with Gasteiger partial charge in [0.2, 0.25) is 15.9 Å². The minimum Gasteiger partial charge on any atom is -0.464 e. The molecule has 2 heterocycles. The van der Waals surface area contributed by atoms with Gasteiger partial charge in [-0.25, -0.2) is 18.2 Å². The molecular weight excluding hydrogens is 430 g/mol. The molecule has 2 fully saturated rings. The van der Waals surface area contributed by atoms with Crippen LogP contribution in [0.1, 0.15) is 51.9 Å². The Kier molecular flexibility index (Phi) is 7.36. The molecule has 0 bridgehead atoms. The summed E-state index contributed by atoms with van der Waals surface area (Å²) < 4.78 is 32.3. The van der Waals surface area contributed by atoms with Gasteiger partial charge in [0.1, 0.15) is 15.6 Å². The topological polar surface area (TPSA) is 106 Å². The quantitative estimate of drug-likeness (QED) is 0.519. The van der Waals surface area contributed by atoms with Gasteiger partial charge >= 0.3 is 5.97 Å². The highest BCUT2D eigenvalue weighted by Crippen LogP contribution is 2.32. The second-order valence-corrected chi connectivity index (χ2v) is 10.1. The normalized spacial score (nSPS) is 20.5. The Morgan fingerprint density at radius 3 is 2.53 bits per heavy atom. The molecule has 1 saturated carbocycles. The molecule has 0 aromatic carbocycles. The van der Waals surface area contributed by atoms with Crippen molar-refractivity contribution in [1.29, 1.82) is 0 Å². The van der Waals surface area contributed by atoms with E-state index in [1.165, 1.54) is 22.6 Å². The lowest BCUT2D eigenvalue weighted by Crippen LogP contribution is -2.58. The molecule has 0 atom stereocenters. The predicted octanol–water partition coefficient (Wildman–Crippen LogP) is 2.52. The highest BCUT2D eigenvalue weighted by molar-refractivity contribution is 7.89. The molecule has 2 aliphatic rings. The number of esters is 1. The second kappa shape index (κ2) is 9.62. The number of halogens is 1. The van der Waals surface area contributed by atoms with Crippen LogP contribution in [0, 0.1) is 5.92 Å². The van der Waals surface area contributed by atoms with Crippen molar-refractivity contribution < 1.29 is 22.7 Å². The van der Waals surface area contributed by atoms with Crippen molar-refractivity contribution >= 4 is 33.5 Å². The van der Waals surface area contributed by atoms with Gasteiger partial charge in [-0.3, -0.25) is 4.79 Å². The van der Waals surface area contributed by atoms with Crippen molar-refractivity contribution in [3.8, 4) is 0 Å². The summed E-state index contributed by atoms with van der Waals surface area (Å²) in [5.74, 6) is -0.931. The van der Waals surface area contributed by atoms with Crippen molar-refractivity contribution in [1.82, 2.24) is 14.6 Å². The number of piperidine rings is 1. The lowest BCUT2D eigenvalue weighted by molar-refractivity contribution is -0.155. The maximum absolute atomic E-state index is 12.9. The monoisotopic (exact) mass is 457 g/mol. The Hall–Kier alpha value is -1.71. The molecule has 1 N–H and O–H groups in total. The SMILES string of the molecule is CCOC(=O)C1(NC(=O)C2CCN(S(=O)(=O)c3cccnc3Cl)CC2)CCCCC1. The first-order valence-corrected chi connectivity index (χ1v) is 12.2. The predicted molar refractivity (Wildman–Crippen MR) is 111 cm³/mol. The van der Waals surface area contributed by atoms with Crippen LogP contribution in [0.5, 0.6) is 0 Å². The van der Waals surface area contributed by atoms with Crippen LogP contribution in [0.4, 0.5) is 0 Å². The van der Waals surface area contributed by atoms with Crippen molar-refractivity contribution in [2.75, 3.05) is 19.7 Å². The Labute approximate surface area is 182 Å². The number of aromatic nitrogens is 1. The molecule has 1 aromatic heterocycles. The number of ether oxygens (including phenoxy) is 1. The van der Waals surface area contributed by atoms with Crippen molar-refractivity contribution in [3.63, 3.8) is 0 Å². The first kappa shape index (κ1) is 23.0. The Morgan fingerprint density at radius 2 is 1.93 bits per heavy atom. The number of nitrogens with one attached hydrogen (secondary N) is 1. The molecular formula is C20H28ClN3O5S. The minimum absolute atomic E-state index is 0.0296. The number of pyridine rings is 1. The largest absolute Gasteiger partial charge is 0.464 e. The Balaban J connectivity index is 1.65. The summed E-state index contributed by atoms with van der Waals surface area (Å²) in [6, 6.07) is 2.95. The number of rotatable bonds is 6. The fraction of sp³-hybridized carbons (Fsp3) is 0.650. The van der Waals surface area contributed by atoms with Crippen molar-refractivity contribution in [2.24, 2.45) is 5.92 Å². The number of hydrogen-bond donors (Lipinski definition) is 1. The minimum atomic E-state index is -3.77. The molecule has 0 unspecified atom stereocenters. The van der Waals surface area contributed by atoms with Gasteiger partial charge in [-0.2, -0.15) is 4.31 Å². The lowest BCUT2D eigenvalue weighted by Gasteiger charge is -2.38. The van der Waals surface area contributed by atoms with Crippen LogP contribution in [0.3, 0.4) is 0 Å². The summed E-state index contributed by atoms with van der Waals surface area (Å²) in [5, 5.41) is 2.90. The summed E-state index contributed by atoms with van der Waals surface area (Å²) in [7, 11) is -3.77. The second-order valence-electron chi connectivity index (χ2n) is 7.82. The summed E-state index contributed by atoms with van der Waals surface area (Å²) in [4.78, 5) is 29.3. The highest BCUT2D eigenvalue weighted by Gasteiger charge is 2.44. The summed E-state index contributed by atoms with van der Waals surface area (Å²) in [6.45, 7) is 2.43. The maximum Gasteiger partial charge on any atom is 0.331 e. The smallest absolute Gasteiger partial charge is 0.331 e. The van der Waals surface area contributed by atoms with Crippen LogP contribution >= 0.6 is 11.6 Å². The first-order chi connectivity index (χ1) is 14.3. The van der Waals surface area contributed by atoms with E-state index in [1.54, 1.807) is 6.92 Å². The van der Waals surface area contributed by atoms with E-state index in [1.807, 2.05) is 0 Å². The van der Waals surface area contributed by atoms with Gasteiger partial charge < -0.3 is 10.1 Å². The summed E-state index contributed by atoms with van der Waals surface area (Å²) >= 11 is 5.96. The van der Waals surface area contributed by atoms with Gasteiger partial charge in [0.05, 0.1) is 6.61 Å². The van der Waals surface area contributed by atoms with Gasteiger partial charge in [-0.1, -0.05) is 30.9 Å². The van der Waals surface area contributed by atoms with E-state index < -0.39 is 15.6 Å². The lowest BCUT2D eigenvalue weighted by atomic mass is 9.81. The van der Waals surface area contributed by atoms with Crippen LogP contribution in [0.2, 0.25) is 5.15 Å². The first-order valence-electron chi connectivity index (χ1n) is 10.4. The average Bonchev–Trinajstić information content (AvgIpc) is 2.75. The van der Waals surface area contributed by atoms with Gasteiger partial charge in [0, 0.05) is 25.2 Å². The Bertz CT molecular complexity index is 878. The zero-order chi connectivity index (χ0) is 21.8. The number of sulfonamides is 1. The van der Waals surface area contributed by atoms with E-state index in [0.717, 1.165) is 19.3 Å². The van der Waals surface area contributed by atoms with Gasteiger partial charge in [0.15, 0.2) is 0 Å². The molecule has 30 heavy (non-hydrogen) atoms. The standard InChI is InChI=1S/C20H28ClN3O5S/c1-2-29-19(26)20(10-4-3-5-11-20)23-18(25)15-8-13-24(14-9-15)30(27,28)16-7-6-12-22-17(16)21/h6-7,12,15H,2-5,8-11,13-14H2,1H3,(H,23,25). The fourth-order valence-electron chi connectivity index (χ4n) is 4.20. The van der Waals surface area contributed by atoms with Crippen LogP contribution in [0.15, 0.2) is 23.2 Å². The number of hydrogen-bond acceptors (Lipinski definition) is 6. The van der Waals surface area contributed by atoms with E-state index >= 15 is 0 Å². The third-order valence-corrected chi connectivity index (χ3v) is 8.25. The van der Waals surface area contributed by atoms with Crippen molar-refractivity contribution in [3.05, 3.63) is 23.5 Å². The molecule has 0 radical (unpaired) electrons. The van der Waals surface area contributed by atoms with Crippen LogP contribution in [-0.2, 0) is 24.3 Å². The van der Waals surface area contributed by atoms with Crippen LogP contribution in [0.25, 0.3) is 0 Å². The van der Waals surface area contributed by atoms with E-state index in [-0.39, 0.29) is 47.5 Å². The molecule has 1 amide bonds. The third-order valence-electron chi connectivity index (χ3n) is 5.90. The fourth-order valence-corrected chi connectivity index (χ4v) is 6.10. The average molecular weight is 458 g/mol. The molecule has 10 heteroatoms. The van der Waals surface area contributed by atoms with Crippen LogP contribution < -0.4 is 5.32 Å². The molecule has 1 aliphatic heterocycles. The van der Waals surface area contributed by atoms with E-state index in [4.69, 9.17) is 16.3 Å². The number of nitrogens with zero attached hydrogens (tertiary/aromatic N) is 2. The zero-order valence-electron chi connectivity index (χ0n) is 17.1. The number of amides is 1. The molecule has 8 nitrogen and oxygen atoms in total. The third kappa shape index (κ3) is 4.78. The molecule has 1 saturated heterocycles. The highest BCUT2D eigenvalue weighted by atomic mass is 35.5. The van der Waals surface area contributed by atoms with Gasteiger partial charge in [-0.05, 0) is 44.7 Å². The zero-order valence-corrected chi connectivity index (χ0v) is 18.7. The summed E-state index contributed by atoms with van der Waals surface area (Å²) in [6.07, 6.45) is 6.09. The maximum atomic E-state index is 12.9.